The largest absolute Gasteiger partial charge is 0.192 e. The molecule has 1 aliphatic carbocycles. The van der Waals surface area contributed by atoms with Crippen LogP contribution in [-0.2, 0) is 0 Å². The highest BCUT2D eigenvalue weighted by Crippen LogP contribution is 2.59. The first-order valence-electron chi connectivity index (χ1n) is 17.3. The molecule has 9 aromatic carbocycles. The summed E-state index contributed by atoms with van der Waals surface area (Å²) in [4.78, 5) is 0. The van der Waals surface area contributed by atoms with Gasteiger partial charge in [-0.1, -0.05) is 133 Å². The van der Waals surface area contributed by atoms with Crippen LogP contribution >= 0.6 is 11.3 Å². The minimum atomic E-state index is 0.679. The van der Waals surface area contributed by atoms with E-state index in [0.29, 0.717) is 5.56 Å². The van der Waals surface area contributed by atoms with Crippen LogP contribution in [-0.4, -0.2) is 0 Å². The van der Waals surface area contributed by atoms with Gasteiger partial charge in [-0.05, 0) is 118 Å². The minimum Gasteiger partial charge on any atom is -0.192 e. The van der Waals surface area contributed by atoms with Crippen molar-refractivity contribution in [1.29, 1.82) is 5.26 Å². The van der Waals surface area contributed by atoms with Crippen LogP contribution in [0.15, 0.2) is 164 Å². The number of hydrogen-bond acceptors (Lipinski definition) is 2. The van der Waals surface area contributed by atoms with E-state index in [1.54, 1.807) is 11.3 Å². The lowest BCUT2D eigenvalue weighted by atomic mass is 9.80. The summed E-state index contributed by atoms with van der Waals surface area (Å²) < 4.78 is 2.41. The van der Waals surface area contributed by atoms with Gasteiger partial charge in [0.15, 0.2) is 0 Å². The second-order valence-corrected chi connectivity index (χ2v) is 14.5. The average molecular weight is 662 g/mol. The summed E-state index contributed by atoms with van der Waals surface area (Å²) in [6.45, 7) is 0. The monoisotopic (exact) mass is 661 g/mol. The molecular weight excluding hydrogens is 635 g/mol. The Morgan fingerprint density at radius 3 is 1.65 bits per heavy atom. The Morgan fingerprint density at radius 2 is 0.902 bits per heavy atom. The molecule has 0 bridgehead atoms. The zero-order valence-corrected chi connectivity index (χ0v) is 28.3. The van der Waals surface area contributed by atoms with Crippen LogP contribution in [0.5, 0.6) is 0 Å². The lowest BCUT2D eigenvalue weighted by Crippen LogP contribution is -1.96. The SMILES string of the molecule is N#Cc1ccc2sc3cccc(-c4cc(-c5cccc6ccccc56)c5c(c4-c4cccc6ccccc46)-c4cccc6cccc-5c46)c3c2c1. The van der Waals surface area contributed by atoms with E-state index >= 15 is 0 Å². The van der Waals surface area contributed by atoms with E-state index < -0.39 is 0 Å². The maximum atomic E-state index is 9.95. The van der Waals surface area contributed by atoms with Gasteiger partial charge in [-0.15, -0.1) is 11.3 Å². The quantitative estimate of drug-likeness (QED) is 0.185. The molecule has 1 nitrogen and oxygen atoms in total. The molecule has 0 spiro atoms. The van der Waals surface area contributed by atoms with Crippen molar-refractivity contribution in [3.63, 3.8) is 0 Å². The Kier molecular flexibility index (Phi) is 5.96. The molecule has 2 heteroatoms. The molecule has 0 fully saturated rings. The van der Waals surface area contributed by atoms with Crippen molar-refractivity contribution in [3.8, 4) is 61.7 Å². The zero-order valence-electron chi connectivity index (χ0n) is 27.4. The molecule has 0 aliphatic heterocycles. The minimum absolute atomic E-state index is 0.679. The van der Waals surface area contributed by atoms with Gasteiger partial charge in [0.2, 0.25) is 0 Å². The third-order valence-electron chi connectivity index (χ3n) is 10.8. The summed E-state index contributed by atoms with van der Waals surface area (Å²) in [5, 5.41) is 19.8. The van der Waals surface area contributed by atoms with Gasteiger partial charge in [-0.3, -0.25) is 0 Å². The standard InChI is InChI=1S/C49H27NS/c50-28-29-24-25-43-42(26-29)46-37(20-9-23-44(46)51-43)41-27-40(35-18-5-12-30-10-1-3-16-33(30)35)48-38-21-7-14-32-15-8-22-39(45(32)38)49(48)47(41)36-19-6-13-31-11-2-4-17-34(31)36/h1-27H. The summed E-state index contributed by atoms with van der Waals surface area (Å²) in [7, 11) is 0. The molecule has 0 unspecified atom stereocenters. The number of rotatable bonds is 3. The number of fused-ring (bicyclic) bond motifs is 8. The molecule has 11 rings (SSSR count). The molecule has 234 valence electrons. The molecule has 0 N–H and O–H groups in total. The highest BCUT2D eigenvalue weighted by molar-refractivity contribution is 7.26. The van der Waals surface area contributed by atoms with E-state index in [1.807, 2.05) is 6.07 Å². The van der Waals surface area contributed by atoms with Gasteiger partial charge >= 0.3 is 0 Å². The lowest BCUT2D eigenvalue weighted by Gasteiger charge is -2.23. The van der Waals surface area contributed by atoms with E-state index in [1.165, 1.54) is 103 Å². The van der Waals surface area contributed by atoms with Crippen molar-refractivity contribution in [2.45, 2.75) is 0 Å². The number of thiophene rings is 1. The number of hydrogen-bond donors (Lipinski definition) is 0. The zero-order chi connectivity index (χ0) is 33.6. The number of nitriles is 1. The van der Waals surface area contributed by atoms with Crippen LogP contribution in [0.4, 0.5) is 0 Å². The van der Waals surface area contributed by atoms with Gasteiger partial charge in [0.25, 0.3) is 0 Å². The first-order chi connectivity index (χ1) is 25.3. The van der Waals surface area contributed by atoms with Gasteiger partial charge in [0.1, 0.15) is 0 Å². The van der Waals surface area contributed by atoms with Gasteiger partial charge in [-0.2, -0.15) is 5.26 Å². The number of nitrogens with zero attached hydrogens (tertiary/aromatic N) is 1. The smallest absolute Gasteiger partial charge is 0.0991 e. The van der Waals surface area contributed by atoms with E-state index in [4.69, 9.17) is 0 Å². The predicted octanol–water partition coefficient (Wildman–Crippen LogP) is 14.0. The van der Waals surface area contributed by atoms with E-state index in [0.717, 1.165) is 5.39 Å². The van der Waals surface area contributed by atoms with Crippen LogP contribution in [0, 0.1) is 11.3 Å². The van der Waals surface area contributed by atoms with Gasteiger partial charge in [-0.25, -0.2) is 0 Å². The van der Waals surface area contributed by atoms with E-state index in [-0.39, 0.29) is 0 Å². The van der Waals surface area contributed by atoms with Crippen molar-refractivity contribution in [3.05, 3.63) is 169 Å². The second kappa shape index (κ2) is 10.7. The van der Waals surface area contributed by atoms with E-state index in [9.17, 15) is 5.26 Å². The van der Waals surface area contributed by atoms with Crippen LogP contribution in [0.1, 0.15) is 5.56 Å². The predicted molar refractivity (Wildman–Crippen MR) is 217 cm³/mol. The fourth-order valence-corrected chi connectivity index (χ4v) is 9.83. The summed E-state index contributed by atoms with van der Waals surface area (Å²) in [6.07, 6.45) is 0. The fraction of sp³-hybridized carbons (Fsp3) is 0. The normalized spacial score (nSPS) is 11.9. The van der Waals surface area contributed by atoms with Crippen LogP contribution in [0.2, 0.25) is 0 Å². The van der Waals surface area contributed by atoms with Crippen LogP contribution in [0.3, 0.4) is 0 Å². The fourth-order valence-electron chi connectivity index (χ4n) is 8.72. The molecule has 0 radical (unpaired) electrons. The lowest BCUT2D eigenvalue weighted by molar-refractivity contribution is 1.50. The first kappa shape index (κ1) is 28.3. The first-order valence-corrected chi connectivity index (χ1v) is 18.1. The highest BCUT2D eigenvalue weighted by atomic mass is 32.1. The third-order valence-corrected chi connectivity index (χ3v) is 12.0. The van der Waals surface area contributed by atoms with Crippen molar-refractivity contribution in [2.75, 3.05) is 0 Å². The van der Waals surface area contributed by atoms with E-state index in [2.05, 4.69) is 164 Å². The number of benzene rings is 9. The summed E-state index contributed by atoms with van der Waals surface area (Å²) in [5.41, 5.74) is 13.1. The topological polar surface area (TPSA) is 23.8 Å². The average Bonchev–Trinajstić information content (AvgIpc) is 3.74. The van der Waals surface area contributed by atoms with Gasteiger partial charge in [0.05, 0.1) is 11.6 Å². The Bertz CT molecular complexity index is 3140. The maximum absolute atomic E-state index is 9.95. The summed E-state index contributed by atoms with van der Waals surface area (Å²) in [5.74, 6) is 0. The molecular formula is C49H27NS. The summed E-state index contributed by atoms with van der Waals surface area (Å²) >= 11 is 1.80. The van der Waals surface area contributed by atoms with Crippen molar-refractivity contribution in [1.82, 2.24) is 0 Å². The Morgan fingerprint density at radius 1 is 0.353 bits per heavy atom. The van der Waals surface area contributed by atoms with Gasteiger partial charge in [0, 0.05) is 20.2 Å². The molecule has 51 heavy (non-hydrogen) atoms. The molecule has 0 saturated heterocycles. The highest BCUT2D eigenvalue weighted by Gasteiger charge is 2.31. The molecule has 0 amide bonds. The van der Waals surface area contributed by atoms with Gasteiger partial charge < -0.3 is 0 Å². The Labute approximate surface area is 298 Å². The summed E-state index contributed by atoms with van der Waals surface area (Å²) in [6, 6.07) is 62.2. The Balaban J connectivity index is 1.40. The molecule has 10 aromatic rings. The van der Waals surface area contributed by atoms with Crippen LogP contribution in [0.25, 0.3) is 108 Å². The molecule has 1 heterocycles. The maximum Gasteiger partial charge on any atom is 0.0991 e. The van der Waals surface area contributed by atoms with Crippen molar-refractivity contribution < 1.29 is 0 Å². The van der Waals surface area contributed by atoms with Crippen LogP contribution < -0.4 is 0 Å². The second-order valence-electron chi connectivity index (χ2n) is 13.5. The molecule has 0 atom stereocenters. The Hall–Kier alpha value is -6.53. The molecule has 1 aromatic heterocycles. The van der Waals surface area contributed by atoms with Crippen molar-refractivity contribution in [2.24, 2.45) is 0 Å². The molecule has 1 aliphatic rings. The molecule has 0 saturated carbocycles. The van der Waals surface area contributed by atoms with Crippen molar-refractivity contribution >= 4 is 63.8 Å². The third kappa shape index (κ3) is 4.01.